The molecule has 2 heterocycles. The van der Waals surface area contributed by atoms with Crippen LogP contribution in [-0.2, 0) is 21.4 Å². The highest BCUT2D eigenvalue weighted by Gasteiger charge is 2.37. The molecule has 9 heteroatoms. The lowest BCUT2D eigenvalue weighted by Crippen LogP contribution is -2.45. The maximum atomic E-state index is 13.0. The van der Waals surface area contributed by atoms with E-state index in [4.69, 9.17) is 0 Å². The summed E-state index contributed by atoms with van der Waals surface area (Å²) >= 11 is 0. The topological polar surface area (TPSA) is 99.6 Å². The van der Waals surface area contributed by atoms with Crippen molar-refractivity contribution < 1.29 is 14.4 Å². The Morgan fingerprint density at radius 3 is 2.37 bits per heavy atom. The molecule has 9 nitrogen and oxygen atoms in total. The number of rotatable bonds is 7. The summed E-state index contributed by atoms with van der Waals surface area (Å²) in [6.07, 6.45) is 0.662. The number of carbonyl (C=O) groups excluding carboxylic acids is 3. The lowest BCUT2D eigenvalue weighted by Gasteiger charge is -2.26. The van der Waals surface area contributed by atoms with Gasteiger partial charge in [-0.25, -0.2) is 0 Å². The fourth-order valence-corrected chi connectivity index (χ4v) is 3.75. The molecule has 3 rings (SSSR count). The minimum atomic E-state index is -0.335. The molecule has 0 bridgehead atoms. The summed E-state index contributed by atoms with van der Waals surface area (Å²) in [6.45, 7) is 6.59. The standard InChI is InChI=1S/C21H28N6O3/c1-5-26(13-19(29)23-17-8-6-16(7-9-17)22-15(3)28)18-10-11-27(21(18)30)20-12-14(2)24-25(20)4/h6-9,12,18H,5,10-11,13H2,1-4H3,(H,22,28)(H,23,29)/t18-/m1/s1. The molecule has 0 radical (unpaired) electrons. The normalized spacial score (nSPS) is 16.2. The van der Waals surface area contributed by atoms with Crippen molar-refractivity contribution in [1.29, 1.82) is 0 Å². The zero-order valence-electron chi connectivity index (χ0n) is 17.8. The first-order valence-corrected chi connectivity index (χ1v) is 10.0. The molecule has 2 aromatic rings. The van der Waals surface area contributed by atoms with Crippen molar-refractivity contribution in [3.8, 4) is 0 Å². The van der Waals surface area contributed by atoms with Gasteiger partial charge in [0.05, 0.1) is 18.3 Å². The highest BCUT2D eigenvalue weighted by Crippen LogP contribution is 2.25. The minimum Gasteiger partial charge on any atom is -0.326 e. The number of nitrogens with one attached hydrogen (secondary N) is 2. The Kier molecular flexibility index (Phi) is 6.51. The van der Waals surface area contributed by atoms with Crippen LogP contribution in [0.5, 0.6) is 0 Å². The van der Waals surface area contributed by atoms with Crippen LogP contribution in [0.4, 0.5) is 17.2 Å². The molecule has 1 aromatic heterocycles. The molecule has 3 amide bonds. The Balaban J connectivity index is 1.61. The second-order valence-electron chi connectivity index (χ2n) is 7.43. The average Bonchev–Trinajstić information content (AvgIpc) is 3.22. The molecule has 1 atom stereocenters. The molecule has 0 spiro atoms. The number of aryl methyl sites for hydroxylation is 2. The van der Waals surface area contributed by atoms with Crippen LogP contribution in [0, 0.1) is 6.92 Å². The van der Waals surface area contributed by atoms with Crippen molar-refractivity contribution in [2.45, 2.75) is 33.2 Å². The number of aromatic nitrogens is 2. The average molecular weight is 412 g/mol. The first-order valence-electron chi connectivity index (χ1n) is 10.0. The third-order valence-corrected chi connectivity index (χ3v) is 5.11. The molecule has 0 aliphatic carbocycles. The fourth-order valence-electron chi connectivity index (χ4n) is 3.75. The van der Waals surface area contributed by atoms with Crippen LogP contribution in [0.3, 0.4) is 0 Å². The molecular weight excluding hydrogens is 384 g/mol. The zero-order valence-corrected chi connectivity index (χ0v) is 17.8. The number of benzene rings is 1. The molecule has 1 fully saturated rings. The Bertz CT molecular complexity index is 937. The zero-order chi connectivity index (χ0) is 21.8. The quantitative estimate of drug-likeness (QED) is 0.722. The van der Waals surface area contributed by atoms with Crippen molar-refractivity contribution in [1.82, 2.24) is 14.7 Å². The molecule has 0 unspecified atom stereocenters. The molecular formula is C21H28N6O3. The van der Waals surface area contributed by atoms with Gasteiger partial charge in [0, 0.05) is 38.0 Å². The van der Waals surface area contributed by atoms with Crippen LogP contribution < -0.4 is 15.5 Å². The van der Waals surface area contributed by atoms with E-state index < -0.39 is 0 Å². The lowest BCUT2D eigenvalue weighted by molar-refractivity contribution is -0.123. The van der Waals surface area contributed by atoms with Gasteiger partial charge in [-0.2, -0.15) is 5.10 Å². The number of anilines is 3. The third-order valence-electron chi connectivity index (χ3n) is 5.11. The van der Waals surface area contributed by atoms with Gasteiger partial charge < -0.3 is 10.6 Å². The van der Waals surface area contributed by atoms with E-state index in [1.807, 2.05) is 31.9 Å². The Morgan fingerprint density at radius 1 is 1.20 bits per heavy atom. The van der Waals surface area contributed by atoms with Gasteiger partial charge >= 0.3 is 0 Å². The van der Waals surface area contributed by atoms with Crippen molar-refractivity contribution in [2.75, 3.05) is 35.2 Å². The second-order valence-corrected chi connectivity index (χ2v) is 7.43. The summed E-state index contributed by atoms with van der Waals surface area (Å²) in [6, 6.07) is 8.47. The van der Waals surface area contributed by atoms with Gasteiger partial charge in [0.1, 0.15) is 5.82 Å². The van der Waals surface area contributed by atoms with Crippen LogP contribution in [0.25, 0.3) is 0 Å². The highest BCUT2D eigenvalue weighted by atomic mass is 16.2. The molecule has 30 heavy (non-hydrogen) atoms. The first kappa shape index (κ1) is 21.5. The van der Waals surface area contributed by atoms with Gasteiger partial charge in [0.2, 0.25) is 17.7 Å². The SMILES string of the molecule is CCN(CC(=O)Nc1ccc(NC(C)=O)cc1)[C@@H]1CCN(c2cc(C)nn2C)C1=O. The van der Waals surface area contributed by atoms with E-state index in [9.17, 15) is 14.4 Å². The fraction of sp³-hybridized carbons (Fsp3) is 0.429. The first-order chi connectivity index (χ1) is 14.3. The van der Waals surface area contributed by atoms with Gasteiger partial charge in [-0.05, 0) is 44.2 Å². The smallest absolute Gasteiger partial charge is 0.245 e. The molecule has 160 valence electrons. The largest absolute Gasteiger partial charge is 0.326 e. The Hall–Kier alpha value is -3.20. The van der Waals surface area contributed by atoms with E-state index in [1.54, 1.807) is 33.8 Å². The second kappa shape index (κ2) is 9.08. The number of nitrogens with zero attached hydrogens (tertiary/aromatic N) is 4. The number of hydrogen-bond donors (Lipinski definition) is 2. The van der Waals surface area contributed by atoms with E-state index in [1.165, 1.54) is 6.92 Å². The Morgan fingerprint density at radius 2 is 1.83 bits per heavy atom. The van der Waals surface area contributed by atoms with Crippen molar-refractivity contribution in [3.63, 3.8) is 0 Å². The third kappa shape index (κ3) is 4.85. The monoisotopic (exact) mass is 412 g/mol. The molecule has 1 aliphatic rings. The van der Waals surface area contributed by atoms with Crippen LogP contribution in [-0.4, -0.2) is 58.1 Å². The Labute approximate surface area is 176 Å². The number of amides is 3. The van der Waals surface area contributed by atoms with Crippen LogP contribution in [0.15, 0.2) is 30.3 Å². The maximum absolute atomic E-state index is 13.0. The summed E-state index contributed by atoms with van der Waals surface area (Å²) < 4.78 is 1.71. The van der Waals surface area contributed by atoms with E-state index in [0.717, 1.165) is 11.5 Å². The number of likely N-dealkylation sites (N-methyl/N-ethyl adjacent to an activating group) is 1. The van der Waals surface area contributed by atoms with E-state index in [0.29, 0.717) is 30.9 Å². The minimum absolute atomic E-state index is 0.00712. The maximum Gasteiger partial charge on any atom is 0.245 e. The number of hydrogen-bond acceptors (Lipinski definition) is 5. The lowest BCUT2D eigenvalue weighted by atomic mass is 10.2. The highest BCUT2D eigenvalue weighted by molar-refractivity contribution is 5.99. The van der Waals surface area contributed by atoms with Gasteiger partial charge in [-0.3, -0.25) is 28.9 Å². The van der Waals surface area contributed by atoms with Crippen LogP contribution >= 0.6 is 0 Å². The van der Waals surface area contributed by atoms with Gasteiger partial charge in [0.15, 0.2) is 0 Å². The summed E-state index contributed by atoms with van der Waals surface area (Å²) in [5, 5.41) is 9.85. The number of carbonyl (C=O) groups is 3. The van der Waals surface area contributed by atoms with E-state index in [-0.39, 0.29) is 30.3 Å². The van der Waals surface area contributed by atoms with Gasteiger partial charge in [-0.15, -0.1) is 0 Å². The summed E-state index contributed by atoms with van der Waals surface area (Å²) in [7, 11) is 1.82. The van der Waals surface area contributed by atoms with Crippen molar-refractivity contribution in [3.05, 3.63) is 36.0 Å². The summed E-state index contributed by atoms with van der Waals surface area (Å²) in [5.41, 5.74) is 2.16. The van der Waals surface area contributed by atoms with E-state index in [2.05, 4.69) is 15.7 Å². The predicted octanol–water partition coefficient (Wildman–Crippen LogP) is 1.75. The van der Waals surface area contributed by atoms with Gasteiger partial charge in [0.25, 0.3) is 0 Å². The molecule has 1 aliphatic heterocycles. The van der Waals surface area contributed by atoms with Crippen LogP contribution in [0.1, 0.15) is 26.0 Å². The molecule has 1 aromatic carbocycles. The molecule has 2 N–H and O–H groups in total. The molecule has 1 saturated heterocycles. The molecule has 0 saturated carbocycles. The summed E-state index contributed by atoms with van der Waals surface area (Å²) in [4.78, 5) is 40.3. The van der Waals surface area contributed by atoms with Crippen molar-refractivity contribution in [2.24, 2.45) is 7.05 Å². The van der Waals surface area contributed by atoms with Crippen molar-refractivity contribution >= 4 is 34.9 Å². The predicted molar refractivity (Wildman–Crippen MR) is 115 cm³/mol. The van der Waals surface area contributed by atoms with Crippen LogP contribution in [0.2, 0.25) is 0 Å². The van der Waals surface area contributed by atoms with E-state index >= 15 is 0 Å². The van der Waals surface area contributed by atoms with Gasteiger partial charge in [-0.1, -0.05) is 6.92 Å². The summed E-state index contributed by atoms with van der Waals surface area (Å²) in [5.74, 6) is 0.431.